The van der Waals surface area contributed by atoms with Crippen molar-refractivity contribution in [2.45, 2.75) is 0 Å². The molecule has 0 atom stereocenters. The lowest BCUT2D eigenvalue weighted by atomic mass is 10.3. The van der Waals surface area contributed by atoms with Crippen LogP contribution in [-0.4, -0.2) is 90.2 Å². The molecule has 2 aliphatic rings. The summed E-state index contributed by atoms with van der Waals surface area (Å²) in [6.07, 6.45) is 1.63. The van der Waals surface area contributed by atoms with E-state index in [1.807, 2.05) is 0 Å². The van der Waals surface area contributed by atoms with Crippen molar-refractivity contribution in [3.63, 3.8) is 0 Å². The minimum atomic E-state index is -0.876. The average Bonchev–Trinajstić information content (AvgIpc) is 2.79. The Kier molecular flexibility index (Phi) is 5.29. The average molecular weight is 297 g/mol. The molecule has 3 amide bonds. The van der Waals surface area contributed by atoms with Crippen LogP contribution in [0.1, 0.15) is 0 Å². The minimum absolute atomic E-state index is 0.261. The summed E-state index contributed by atoms with van der Waals surface area (Å²) in [7, 11) is 0. The number of nitrogens with zero attached hydrogens (tertiary/aromatic N) is 3. The van der Waals surface area contributed by atoms with Crippen molar-refractivity contribution >= 4 is 17.9 Å². The largest absolute Gasteiger partial charge is 0.465 e. The maximum Gasteiger partial charge on any atom is 0.407 e. The molecule has 2 aliphatic heterocycles. The van der Waals surface area contributed by atoms with Gasteiger partial charge >= 0.3 is 6.09 Å². The van der Waals surface area contributed by atoms with Crippen LogP contribution >= 0.6 is 0 Å². The minimum Gasteiger partial charge on any atom is -0.465 e. The highest BCUT2D eigenvalue weighted by Gasteiger charge is 2.23. The molecule has 0 aromatic carbocycles. The lowest BCUT2D eigenvalue weighted by Gasteiger charge is -2.32. The zero-order valence-electron chi connectivity index (χ0n) is 11.7. The van der Waals surface area contributed by atoms with Crippen molar-refractivity contribution < 1.29 is 24.2 Å². The van der Waals surface area contributed by atoms with Crippen molar-refractivity contribution in [2.24, 2.45) is 0 Å². The molecule has 1 fully saturated rings. The molecule has 0 bridgehead atoms. The fourth-order valence-electron chi connectivity index (χ4n) is 2.27. The fourth-order valence-corrected chi connectivity index (χ4v) is 2.27. The number of hydrogen-bond acceptors (Lipinski definition) is 5. The molecule has 8 nitrogen and oxygen atoms in total. The van der Waals surface area contributed by atoms with E-state index < -0.39 is 6.09 Å². The zero-order chi connectivity index (χ0) is 15.2. The summed E-state index contributed by atoms with van der Waals surface area (Å²) < 4.78 is 5.42. The van der Waals surface area contributed by atoms with Gasteiger partial charge in [0.2, 0.25) is 0 Å². The van der Waals surface area contributed by atoms with Crippen LogP contribution in [0.4, 0.5) is 4.79 Å². The molecule has 21 heavy (non-hydrogen) atoms. The summed E-state index contributed by atoms with van der Waals surface area (Å²) in [6.45, 7) is 4.21. The van der Waals surface area contributed by atoms with Gasteiger partial charge in [0.25, 0.3) is 11.8 Å². The number of amides is 3. The van der Waals surface area contributed by atoms with Crippen molar-refractivity contribution in [1.82, 2.24) is 14.7 Å². The first-order valence-corrected chi connectivity index (χ1v) is 6.89. The Labute approximate surface area is 122 Å². The number of imide groups is 1. The molecule has 116 valence electrons. The first kappa shape index (κ1) is 15.5. The highest BCUT2D eigenvalue weighted by molar-refractivity contribution is 6.12. The molecule has 0 radical (unpaired) electrons. The van der Waals surface area contributed by atoms with Gasteiger partial charge in [-0.05, 0) is 0 Å². The maximum absolute atomic E-state index is 11.3. The molecular weight excluding hydrogens is 278 g/mol. The molecule has 1 saturated heterocycles. The van der Waals surface area contributed by atoms with Crippen molar-refractivity contribution in [3.8, 4) is 0 Å². The van der Waals surface area contributed by atoms with Crippen molar-refractivity contribution in [1.29, 1.82) is 0 Å². The van der Waals surface area contributed by atoms with Gasteiger partial charge in [-0.25, -0.2) is 4.79 Å². The summed E-state index contributed by atoms with van der Waals surface area (Å²) in [5, 5.41) is 8.84. The maximum atomic E-state index is 11.3. The molecule has 0 aromatic heterocycles. The molecular formula is C13H19N3O5. The highest BCUT2D eigenvalue weighted by Crippen LogP contribution is 2.03. The Bertz CT molecular complexity index is 425. The van der Waals surface area contributed by atoms with E-state index in [4.69, 9.17) is 9.84 Å². The predicted octanol–water partition coefficient (Wildman–Crippen LogP) is -0.776. The number of rotatable bonds is 6. The first-order chi connectivity index (χ1) is 10.1. The standard InChI is InChI=1S/C13H19N3O5/c17-11-1-2-12(18)16(11)8-10-21-9-7-14-3-5-15(6-4-14)13(19)20/h1-2H,3-10H2,(H,19,20). The Hall–Kier alpha value is -1.93. The van der Waals surface area contributed by atoms with Crippen LogP contribution in [0.3, 0.4) is 0 Å². The molecule has 2 rings (SSSR count). The van der Waals surface area contributed by atoms with E-state index in [9.17, 15) is 14.4 Å². The summed E-state index contributed by atoms with van der Waals surface area (Å²) in [5.41, 5.74) is 0. The van der Waals surface area contributed by atoms with Gasteiger partial charge in [-0.15, -0.1) is 0 Å². The van der Waals surface area contributed by atoms with Gasteiger partial charge in [-0.3, -0.25) is 19.4 Å². The molecule has 0 unspecified atom stereocenters. The second kappa shape index (κ2) is 7.19. The molecule has 2 heterocycles. The summed E-state index contributed by atoms with van der Waals surface area (Å²) in [6, 6.07) is 0. The quantitative estimate of drug-likeness (QED) is 0.511. The first-order valence-electron chi connectivity index (χ1n) is 6.89. The third-order valence-electron chi connectivity index (χ3n) is 3.55. The molecule has 0 spiro atoms. The van der Waals surface area contributed by atoms with Crippen LogP contribution in [0.5, 0.6) is 0 Å². The van der Waals surface area contributed by atoms with Gasteiger partial charge < -0.3 is 14.7 Å². The van der Waals surface area contributed by atoms with E-state index in [0.29, 0.717) is 45.9 Å². The van der Waals surface area contributed by atoms with Crippen LogP contribution < -0.4 is 0 Å². The number of carbonyl (C=O) groups excluding carboxylic acids is 2. The summed E-state index contributed by atoms with van der Waals surface area (Å²) in [4.78, 5) is 38.0. The number of carboxylic acid groups (broad SMARTS) is 1. The van der Waals surface area contributed by atoms with E-state index in [2.05, 4.69) is 4.90 Å². The van der Waals surface area contributed by atoms with E-state index >= 15 is 0 Å². The van der Waals surface area contributed by atoms with Gasteiger partial charge in [0.15, 0.2) is 0 Å². The zero-order valence-corrected chi connectivity index (χ0v) is 11.7. The van der Waals surface area contributed by atoms with Crippen molar-refractivity contribution in [2.75, 3.05) is 52.5 Å². The number of carbonyl (C=O) groups is 3. The van der Waals surface area contributed by atoms with Gasteiger partial charge in [0, 0.05) is 44.9 Å². The van der Waals surface area contributed by atoms with Crippen molar-refractivity contribution in [3.05, 3.63) is 12.2 Å². The smallest absolute Gasteiger partial charge is 0.407 e. The highest BCUT2D eigenvalue weighted by atomic mass is 16.5. The lowest BCUT2D eigenvalue weighted by Crippen LogP contribution is -2.49. The van der Waals surface area contributed by atoms with Crippen LogP contribution in [0.2, 0.25) is 0 Å². The summed E-state index contributed by atoms with van der Waals surface area (Å²) >= 11 is 0. The molecule has 0 saturated carbocycles. The van der Waals surface area contributed by atoms with Crippen LogP contribution in [0.25, 0.3) is 0 Å². The normalized spacial score (nSPS) is 19.6. The number of piperazine rings is 1. The second-order valence-corrected chi connectivity index (χ2v) is 4.89. The Morgan fingerprint density at radius 3 is 2.19 bits per heavy atom. The van der Waals surface area contributed by atoms with E-state index in [1.54, 1.807) is 0 Å². The van der Waals surface area contributed by atoms with Crippen LogP contribution in [0.15, 0.2) is 12.2 Å². The Morgan fingerprint density at radius 2 is 1.62 bits per heavy atom. The topological polar surface area (TPSA) is 90.4 Å². The second-order valence-electron chi connectivity index (χ2n) is 4.89. The summed E-state index contributed by atoms with van der Waals surface area (Å²) in [5.74, 6) is -0.596. The Balaban J connectivity index is 1.54. The third kappa shape index (κ3) is 4.27. The fraction of sp³-hybridized carbons (Fsp3) is 0.615. The van der Waals surface area contributed by atoms with Gasteiger partial charge in [-0.2, -0.15) is 0 Å². The third-order valence-corrected chi connectivity index (χ3v) is 3.55. The van der Waals surface area contributed by atoms with Crippen LogP contribution in [-0.2, 0) is 14.3 Å². The lowest BCUT2D eigenvalue weighted by molar-refractivity contribution is -0.137. The molecule has 0 aliphatic carbocycles. The SMILES string of the molecule is O=C(O)N1CCN(CCOCCN2C(=O)C=CC2=O)CC1. The van der Waals surface area contributed by atoms with Crippen LogP contribution in [0, 0.1) is 0 Å². The van der Waals surface area contributed by atoms with E-state index in [1.165, 1.54) is 17.1 Å². The van der Waals surface area contributed by atoms with Gasteiger partial charge in [0.1, 0.15) is 0 Å². The van der Waals surface area contributed by atoms with E-state index in [0.717, 1.165) is 4.90 Å². The number of ether oxygens (including phenoxy) is 1. The Morgan fingerprint density at radius 1 is 1.05 bits per heavy atom. The van der Waals surface area contributed by atoms with E-state index in [-0.39, 0.29) is 18.4 Å². The monoisotopic (exact) mass is 297 g/mol. The van der Waals surface area contributed by atoms with Gasteiger partial charge in [0.05, 0.1) is 19.8 Å². The predicted molar refractivity (Wildman–Crippen MR) is 72.7 cm³/mol. The molecule has 1 N–H and O–H groups in total. The molecule has 0 aromatic rings. The number of hydrogen-bond donors (Lipinski definition) is 1. The van der Waals surface area contributed by atoms with Gasteiger partial charge in [-0.1, -0.05) is 0 Å². The molecule has 8 heteroatoms.